The second-order valence-electron chi connectivity index (χ2n) is 10.8. The van der Waals surface area contributed by atoms with Crippen LogP contribution in [0.2, 0.25) is 0 Å². The normalized spacial score (nSPS) is 16.4. The molecule has 4 rings (SSSR count). The van der Waals surface area contributed by atoms with Crippen LogP contribution in [0.5, 0.6) is 17.2 Å². The molecule has 2 atom stereocenters. The first-order chi connectivity index (χ1) is 20.5. The van der Waals surface area contributed by atoms with Gasteiger partial charge in [-0.25, -0.2) is 0 Å². The summed E-state index contributed by atoms with van der Waals surface area (Å²) in [6.45, 7) is 8.29. The highest BCUT2D eigenvalue weighted by Crippen LogP contribution is 2.29. The number of amides is 1. The predicted molar refractivity (Wildman–Crippen MR) is 163 cm³/mol. The molecule has 0 aromatic heterocycles. The van der Waals surface area contributed by atoms with Gasteiger partial charge in [0.15, 0.2) is 11.5 Å². The Kier molecular flexibility index (Phi) is 12.1. The standard InChI is InChI=1S/C34H44N2O6/c1-25(2)36(34(37)28-14-15-31(39-4)32(19-28)40-17-9-16-38-3)22-29-20-35-21-33(29)42-24-27-12-8-13-30(18-27)41-23-26-10-6-5-7-11-26/h5-8,10-15,18-19,25,29,33,35H,9,16-17,20-24H2,1-4H3. The monoisotopic (exact) mass is 576 g/mol. The Morgan fingerprint density at radius 3 is 2.45 bits per heavy atom. The SMILES string of the molecule is COCCCOc1cc(C(=O)N(CC2CNCC2OCc2cccc(OCc3ccccc3)c2)C(C)C)ccc1OC. The number of rotatable bonds is 16. The van der Waals surface area contributed by atoms with Crippen molar-refractivity contribution in [1.82, 2.24) is 10.2 Å². The largest absolute Gasteiger partial charge is 0.493 e. The molecule has 1 heterocycles. The third-order valence-corrected chi connectivity index (χ3v) is 7.37. The molecule has 8 heteroatoms. The van der Waals surface area contributed by atoms with Gasteiger partial charge in [-0.2, -0.15) is 0 Å². The van der Waals surface area contributed by atoms with E-state index in [0.29, 0.717) is 50.0 Å². The maximum absolute atomic E-state index is 13.7. The summed E-state index contributed by atoms with van der Waals surface area (Å²) in [7, 11) is 3.26. The highest BCUT2D eigenvalue weighted by atomic mass is 16.5. The Balaban J connectivity index is 1.36. The van der Waals surface area contributed by atoms with Crippen LogP contribution >= 0.6 is 0 Å². The number of benzene rings is 3. The summed E-state index contributed by atoms with van der Waals surface area (Å²) in [6, 6.07) is 23.5. The summed E-state index contributed by atoms with van der Waals surface area (Å²) in [5, 5.41) is 3.45. The summed E-state index contributed by atoms with van der Waals surface area (Å²) in [6.07, 6.45) is 0.736. The molecule has 8 nitrogen and oxygen atoms in total. The second-order valence-corrected chi connectivity index (χ2v) is 10.8. The Morgan fingerprint density at radius 2 is 1.69 bits per heavy atom. The van der Waals surface area contributed by atoms with Crippen LogP contribution in [0.3, 0.4) is 0 Å². The molecule has 0 aliphatic carbocycles. The van der Waals surface area contributed by atoms with E-state index in [1.807, 2.05) is 55.1 Å². The van der Waals surface area contributed by atoms with Crippen LogP contribution in [0.1, 0.15) is 41.8 Å². The second kappa shape index (κ2) is 16.2. The van der Waals surface area contributed by atoms with Crippen molar-refractivity contribution >= 4 is 5.91 Å². The van der Waals surface area contributed by atoms with Gasteiger partial charge < -0.3 is 33.9 Å². The van der Waals surface area contributed by atoms with Gasteiger partial charge in [-0.15, -0.1) is 0 Å². The summed E-state index contributed by atoms with van der Waals surface area (Å²) in [5.41, 5.74) is 2.75. The van der Waals surface area contributed by atoms with Gasteiger partial charge in [-0.05, 0) is 55.3 Å². The van der Waals surface area contributed by atoms with Crippen LogP contribution in [0.25, 0.3) is 0 Å². The zero-order valence-corrected chi connectivity index (χ0v) is 25.2. The minimum absolute atomic E-state index is 0.0107. The summed E-state index contributed by atoms with van der Waals surface area (Å²) in [4.78, 5) is 15.6. The van der Waals surface area contributed by atoms with Crippen LogP contribution < -0.4 is 19.5 Å². The Labute approximate surface area is 249 Å². The van der Waals surface area contributed by atoms with Crippen molar-refractivity contribution in [3.63, 3.8) is 0 Å². The molecular weight excluding hydrogens is 532 g/mol. The van der Waals surface area contributed by atoms with E-state index in [9.17, 15) is 4.79 Å². The topological polar surface area (TPSA) is 78.5 Å². The van der Waals surface area contributed by atoms with Crippen molar-refractivity contribution in [3.8, 4) is 17.2 Å². The van der Waals surface area contributed by atoms with E-state index in [1.54, 1.807) is 32.4 Å². The molecule has 1 aliphatic rings. The van der Waals surface area contributed by atoms with E-state index in [1.165, 1.54) is 0 Å². The molecule has 1 fully saturated rings. The molecule has 3 aromatic carbocycles. The molecule has 1 saturated heterocycles. The van der Waals surface area contributed by atoms with Crippen molar-refractivity contribution in [2.75, 3.05) is 47.1 Å². The Hall–Kier alpha value is -3.59. The average molecular weight is 577 g/mol. The van der Waals surface area contributed by atoms with Crippen molar-refractivity contribution in [1.29, 1.82) is 0 Å². The number of methoxy groups -OCH3 is 2. The molecule has 2 unspecified atom stereocenters. The molecule has 1 aliphatic heterocycles. The lowest BCUT2D eigenvalue weighted by atomic mass is 10.0. The van der Waals surface area contributed by atoms with E-state index < -0.39 is 0 Å². The van der Waals surface area contributed by atoms with Crippen LogP contribution in [0.15, 0.2) is 72.8 Å². The highest BCUT2D eigenvalue weighted by Gasteiger charge is 2.32. The average Bonchev–Trinajstić information content (AvgIpc) is 3.47. The van der Waals surface area contributed by atoms with Crippen LogP contribution in [0, 0.1) is 5.92 Å². The zero-order chi connectivity index (χ0) is 29.7. The molecule has 0 bridgehead atoms. The van der Waals surface area contributed by atoms with Crippen LogP contribution in [-0.2, 0) is 22.7 Å². The first-order valence-electron chi connectivity index (χ1n) is 14.7. The summed E-state index contributed by atoms with van der Waals surface area (Å²) >= 11 is 0. The molecule has 0 saturated carbocycles. The number of hydrogen-bond donors (Lipinski definition) is 1. The van der Waals surface area contributed by atoms with Crippen molar-refractivity contribution in [3.05, 3.63) is 89.5 Å². The first-order valence-corrected chi connectivity index (χ1v) is 14.7. The maximum atomic E-state index is 13.7. The molecule has 0 radical (unpaired) electrons. The zero-order valence-electron chi connectivity index (χ0n) is 25.2. The third kappa shape index (κ3) is 8.95. The van der Waals surface area contributed by atoms with Crippen LogP contribution in [-0.4, -0.2) is 70.0 Å². The fourth-order valence-corrected chi connectivity index (χ4v) is 5.01. The van der Waals surface area contributed by atoms with Crippen molar-refractivity contribution in [2.24, 2.45) is 5.92 Å². The quantitative estimate of drug-likeness (QED) is 0.231. The number of carbonyl (C=O) groups is 1. The van der Waals surface area contributed by atoms with E-state index in [2.05, 4.69) is 23.5 Å². The molecule has 226 valence electrons. The summed E-state index contributed by atoms with van der Waals surface area (Å²) < 4.78 is 28.9. The van der Waals surface area contributed by atoms with Gasteiger partial charge >= 0.3 is 0 Å². The highest BCUT2D eigenvalue weighted by molar-refractivity contribution is 5.95. The van der Waals surface area contributed by atoms with Crippen LogP contribution in [0.4, 0.5) is 0 Å². The van der Waals surface area contributed by atoms with E-state index >= 15 is 0 Å². The van der Waals surface area contributed by atoms with Gasteiger partial charge in [-0.1, -0.05) is 42.5 Å². The lowest BCUT2D eigenvalue weighted by molar-refractivity contribution is 0.0128. The smallest absolute Gasteiger partial charge is 0.254 e. The van der Waals surface area contributed by atoms with Crippen molar-refractivity contribution < 1.29 is 28.5 Å². The van der Waals surface area contributed by atoms with E-state index in [4.69, 9.17) is 23.7 Å². The minimum atomic E-state index is -0.0386. The number of nitrogens with zero attached hydrogens (tertiary/aromatic N) is 1. The lowest BCUT2D eigenvalue weighted by Gasteiger charge is -2.31. The molecule has 1 N–H and O–H groups in total. The van der Waals surface area contributed by atoms with Gasteiger partial charge in [-0.3, -0.25) is 4.79 Å². The number of carbonyl (C=O) groups excluding carboxylic acids is 1. The van der Waals surface area contributed by atoms with Gasteiger partial charge in [0.25, 0.3) is 5.91 Å². The number of nitrogens with one attached hydrogen (secondary N) is 1. The first kappa shape index (κ1) is 31.3. The fraction of sp³-hybridized carbons (Fsp3) is 0.441. The lowest BCUT2D eigenvalue weighted by Crippen LogP contribution is -2.43. The minimum Gasteiger partial charge on any atom is -0.493 e. The number of hydrogen-bond acceptors (Lipinski definition) is 7. The molecule has 42 heavy (non-hydrogen) atoms. The molecule has 3 aromatic rings. The van der Waals surface area contributed by atoms with Gasteiger partial charge in [0.1, 0.15) is 12.4 Å². The Morgan fingerprint density at radius 1 is 0.881 bits per heavy atom. The van der Waals surface area contributed by atoms with E-state index in [0.717, 1.165) is 36.4 Å². The molecular formula is C34H44N2O6. The third-order valence-electron chi connectivity index (χ3n) is 7.37. The Bertz CT molecular complexity index is 1250. The molecule has 1 amide bonds. The van der Waals surface area contributed by atoms with Gasteiger partial charge in [0, 0.05) is 57.3 Å². The fourth-order valence-electron chi connectivity index (χ4n) is 5.01. The van der Waals surface area contributed by atoms with Gasteiger partial charge in [0.2, 0.25) is 0 Å². The van der Waals surface area contributed by atoms with Crippen molar-refractivity contribution in [2.45, 2.75) is 45.6 Å². The van der Waals surface area contributed by atoms with E-state index in [-0.39, 0.29) is 24.0 Å². The number of ether oxygens (including phenoxy) is 5. The molecule has 0 spiro atoms. The summed E-state index contributed by atoms with van der Waals surface area (Å²) in [5.74, 6) is 2.10. The maximum Gasteiger partial charge on any atom is 0.254 e. The van der Waals surface area contributed by atoms with Gasteiger partial charge in [0.05, 0.1) is 26.4 Å². The predicted octanol–water partition coefficient (Wildman–Crippen LogP) is 5.34.